The summed E-state index contributed by atoms with van der Waals surface area (Å²) in [6.45, 7) is 12.7. The smallest absolute Gasteiger partial charge is 0.326 e. The lowest BCUT2D eigenvalue weighted by atomic mass is 9.96. The van der Waals surface area contributed by atoms with Crippen molar-refractivity contribution >= 4 is 76.9 Å². The van der Waals surface area contributed by atoms with Gasteiger partial charge in [-0.25, -0.2) is 4.79 Å². The fourth-order valence-electron chi connectivity index (χ4n) is 10.2. The van der Waals surface area contributed by atoms with Gasteiger partial charge in [-0.15, -0.1) is 0 Å². The van der Waals surface area contributed by atoms with Crippen LogP contribution in [0.4, 0.5) is 0 Å². The molecule has 3 aliphatic rings. The predicted octanol–water partition coefficient (Wildman–Crippen LogP) is -4.77. The van der Waals surface area contributed by atoms with E-state index in [-0.39, 0.29) is 76.1 Å². The molecule has 3 fully saturated rings. The third kappa shape index (κ3) is 20.9. The Morgan fingerprint density at radius 2 is 1.06 bits per heavy atom. The Bertz CT molecular complexity index is 2350. The monoisotopic (exact) mass is 1180 g/mol. The van der Waals surface area contributed by atoms with Gasteiger partial charge in [-0.3, -0.25) is 57.7 Å². The van der Waals surface area contributed by atoms with E-state index in [0.717, 1.165) is 0 Å². The van der Waals surface area contributed by atoms with Crippen LogP contribution in [0, 0.1) is 17.8 Å². The Morgan fingerprint density at radius 1 is 0.578 bits per heavy atom. The first-order valence-corrected chi connectivity index (χ1v) is 28.6. The number of hydrogen-bond donors (Lipinski definition) is 14. The van der Waals surface area contributed by atoms with Crippen molar-refractivity contribution in [3.05, 3.63) is 0 Å². The first-order chi connectivity index (χ1) is 38.9. The number of aliphatic carboxylic acids is 1. The summed E-state index contributed by atoms with van der Waals surface area (Å²) in [6.07, 6.45) is 0.830. The summed E-state index contributed by atoms with van der Waals surface area (Å²) >= 11 is 0. The molecule has 0 saturated carbocycles. The first-order valence-electron chi connectivity index (χ1n) is 28.6. The Balaban J connectivity index is 1.71. The number of hydrogen-bond acceptors (Lipinski definition) is 16. The van der Waals surface area contributed by atoms with Crippen LogP contribution in [0.5, 0.6) is 0 Å². The van der Waals surface area contributed by atoms with Crippen LogP contribution in [0.2, 0.25) is 0 Å². The number of nitrogens with two attached hydrogens (primary N) is 4. The van der Waals surface area contributed by atoms with E-state index in [4.69, 9.17) is 22.9 Å². The molecule has 0 aromatic carbocycles. The summed E-state index contributed by atoms with van der Waals surface area (Å²) in [5.41, 5.74) is 22.5. The number of amides is 11. The Morgan fingerprint density at radius 3 is 1.59 bits per heavy atom. The maximum atomic E-state index is 14.2. The minimum absolute atomic E-state index is 0.00491. The maximum absolute atomic E-state index is 14.2. The molecule has 3 heterocycles. The SMILES string of the molecule is CC[C@H](C)[C@H](NC(=O)[C@@H]1CCCN1C(=O)[C@H](C)NC(=O)[C@H](CC(N)=O)NC(=O)[C@@H]1CCCN1C(=O)[C@@H]1CCCN1C(=O)[C@@H](N)CCCN=C(N)N)C(=O)N[C@@H](CC(C)C)C(=O)N[C@@H](CO)C(=O)N[C@H](C(=O)N[C@@H](CC(C)C)C(=O)O)[C@@H](C)O. The number of nitrogens with zero attached hydrogens (tertiary/aromatic N) is 4. The number of likely N-dealkylation sites (tertiary alicyclic amines) is 3. The van der Waals surface area contributed by atoms with E-state index < -0.39 is 162 Å². The van der Waals surface area contributed by atoms with Gasteiger partial charge in [0.25, 0.3) is 0 Å². The van der Waals surface area contributed by atoms with Crippen LogP contribution in [0.1, 0.15) is 132 Å². The number of aliphatic hydroxyl groups excluding tert-OH is 2. The van der Waals surface area contributed by atoms with Crippen LogP contribution >= 0.6 is 0 Å². The Kier molecular flexibility index (Phi) is 28.0. The fourth-order valence-corrected chi connectivity index (χ4v) is 10.2. The molecule has 468 valence electrons. The molecule has 11 amide bonds. The van der Waals surface area contributed by atoms with E-state index in [2.05, 4.69) is 42.2 Å². The third-order valence-corrected chi connectivity index (χ3v) is 14.9. The topological polar surface area (TPSA) is 476 Å². The van der Waals surface area contributed by atoms with E-state index in [1.807, 2.05) is 0 Å². The van der Waals surface area contributed by atoms with Gasteiger partial charge >= 0.3 is 5.97 Å². The number of carboxylic acids is 1. The van der Waals surface area contributed by atoms with E-state index in [1.165, 1.54) is 28.5 Å². The van der Waals surface area contributed by atoms with Crippen LogP contribution in [-0.4, -0.2) is 212 Å². The average Bonchev–Trinajstić information content (AvgIpc) is 4.45. The fraction of sp³-hybridized carbons (Fsp3) is 0.755. The van der Waals surface area contributed by atoms with Crippen molar-refractivity contribution in [2.24, 2.45) is 45.7 Å². The molecule has 3 aliphatic heterocycles. The van der Waals surface area contributed by atoms with Crippen molar-refractivity contribution in [3.8, 4) is 0 Å². The third-order valence-electron chi connectivity index (χ3n) is 14.9. The van der Waals surface area contributed by atoms with Gasteiger partial charge < -0.3 is 90.2 Å². The number of aliphatic imine (C=N–C) groups is 1. The van der Waals surface area contributed by atoms with Crippen LogP contribution in [0.15, 0.2) is 4.99 Å². The number of rotatable bonds is 32. The molecule has 3 saturated heterocycles. The van der Waals surface area contributed by atoms with Crippen molar-refractivity contribution in [2.45, 2.75) is 205 Å². The Hall–Kier alpha value is -7.21. The standard InChI is InChI=1S/C53H91N15O15/c1-9-28(6)40(47(77)61-32(22-26(2)3)43(73)63-35(25-69)44(74)65-41(30(8)70)48(78)62-34(52(82)83)23-27(4)5)64-46(76)37-16-11-19-66(37)49(79)29(7)59-42(72)33(24-39(55)71)60-45(75)36-15-12-20-67(36)51(81)38-17-13-21-68(38)50(80)31(54)14-10-18-58-53(56)57/h26-38,40-41,69-70H,9-25,54H2,1-8H3,(H2,55,71)(H,59,72)(H,60,75)(H,61,77)(H,62,78)(H,63,73)(H,64,76)(H,65,74)(H,82,83)(H4,56,57,58)/t28-,29-,30+,31-,32-,33-,34-,35-,36-,37-,38-,40-,41-/m0/s1. The lowest BCUT2D eigenvalue weighted by Crippen LogP contribution is -2.62. The van der Waals surface area contributed by atoms with Crippen molar-refractivity contribution in [1.29, 1.82) is 0 Å². The van der Waals surface area contributed by atoms with E-state index in [1.54, 1.807) is 41.5 Å². The zero-order valence-corrected chi connectivity index (χ0v) is 49.0. The summed E-state index contributed by atoms with van der Waals surface area (Å²) < 4.78 is 0. The molecule has 0 aromatic heterocycles. The van der Waals surface area contributed by atoms with Crippen molar-refractivity contribution < 1.29 is 72.9 Å². The van der Waals surface area contributed by atoms with E-state index in [9.17, 15) is 72.9 Å². The van der Waals surface area contributed by atoms with Gasteiger partial charge in [0, 0.05) is 26.2 Å². The van der Waals surface area contributed by atoms with Crippen molar-refractivity contribution in [3.63, 3.8) is 0 Å². The van der Waals surface area contributed by atoms with Crippen LogP contribution in [-0.2, 0) is 57.5 Å². The summed E-state index contributed by atoms with van der Waals surface area (Å²) in [7, 11) is 0. The molecule has 83 heavy (non-hydrogen) atoms. The number of carboxylic acid groups (broad SMARTS) is 1. The first kappa shape index (κ1) is 70.1. The number of aliphatic hydroxyl groups is 2. The molecule has 30 heteroatoms. The quantitative estimate of drug-likeness (QED) is 0.0171. The van der Waals surface area contributed by atoms with Crippen LogP contribution < -0.4 is 60.2 Å². The second-order valence-electron chi connectivity index (χ2n) is 22.6. The summed E-state index contributed by atoms with van der Waals surface area (Å²) in [5.74, 6) is -11.3. The minimum Gasteiger partial charge on any atom is -0.480 e. The van der Waals surface area contributed by atoms with E-state index >= 15 is 0 Å². The summed E-state index contributed by atoms with van der Waals surface area (Å²) in [5, 5.41) is 47.5. The number of guanidine groups is 1. The number of carbonyl (C=O) groups excluding carboxylic acids is 11. The van der Waals surface area contributed by atoms with E-state index in [0.29, 0.717) is 38.5 Å². The predicted molar refractivity (Wildman–Crippen MR) is 300 cm³/mol. The summed E-state index contributed by atoms with van der Waals surface area (Å²) in [6, 6.07) is -14.3. The average molecular weight is 1180 g/mol. The highest BCUT2D eigenvalue weighted by molar-refractivity contribution is 6.00. The molecule has 3 rings (SSSR count). The molecule has 0 aliphatic carbocycles. The largest absolute Gasteiger partial charge is 0.480 e. The molecule has 0 bridgehead atoms. The molecule has 18 N–H and O–H groups in total. The van der Waals surface area contributed by atoms with Gasteiger partial charge in [0.1, 0.15) is 60.4 Å². The molecule has 0 aromatic rings. The molecule has 0 radical (unpaired) electrons. The highest BCUT2D eigenvalue weighted by Crippen LogP contribution is 2.27. The maximum Gasteiger partial charge on any atom is 0.326 e. The second kappa shape index (κ2) is 33.2. The number of primary amides is 1. The summed E-state index contributed by atoms with van der Waals surface area (Å²) in [4.78, 5) is 170. The van der Waals surface area contributed by atoms with Gasteiger partial charge in [-0.2, -0.15) is 0 Å². The zero-order chi connectivity index (χ0) is 62.6. The second-order valence-corrected chi connectivity index (χ2v) is 22.6. The van der Waals surface area contributed by atoms with Crippen LogP contribution in [0.25, 0.3) is 0 Å². The van der Waals surface area contributed by atoms with Gasteiger partial charge in [-0.05, 0) is 95.8 Å². The van der Waals surface area contributed by atoms with Gasteiger partial charge in [-0.1, -0.05) is 48.0 Å². The molecular formula is C53H91N15O15. The lowest BCUT2D eigenvalue weighted by molar-refractivity contribution is -0.147. The van der Waals surface area contributed by atoms with Crippen molar-refractivity contribution in [2.75, 3.05) is 32.8 Å². The van der Waals surface area contributed by atoms with Gasteiger partial charge in [0.05, 0.1) is 25.2 Å². The molecule has 0 unspecified atom stereocenters. The molecular weight excluding hydrogens is 1090 g/mol. The normalized spacial score (nSPS) is 20.5. The number of carbonyl (C=O) groups is 12. The van der Waals surface area contributed by atoms with Crippen LogP contribution in [0.3, 0.4) is 0 Å². The molecule has 0 spiro atoms. The lowest BCUT2D eigenvalue weighted by Gasteiger charge is -2.33. The van der Waals surface area contributed by atoms with Gasteiger partial charge in [0.15, 0.2) is 5.96 Å². The minimum atomic E-state index is -1.72. The van der Waals surface area contributed by atoms with Gasteiger partial charge in [0.2, 0.25) is 65.0 Å². The zero-order valence-electron chi connectivity index (χ0n) is 49.0. The molecule has 30 nitrogen and oxygen atoms in total. The highest BCUT2D eigenvalue weighted by atomic mass is 16.4. The Labute approximate surface area is 483 Å². The molecule has 13 atom stereocenters. The van der Waals surface area contributed by atoms with Crippen molar-refractivity contribution in [1.82, 2.24) is 51.9 Å². The number of nitrogens with one attached hydrogen (secondary N) is 7. The highest BCUT2D eigenvalue weighted by Gasteiger charge is 2.45.